The van der Waals surface area contributed by atoms with Gasteiger partial charge in [0.2, 0.25) is 0 Å². The van der Waals surface area contributed by atoms with E-state index in [9.17, 15) is 0 Å². The minimum Gasteiger partial charge on any atom is -0.278 e. The predicted molar refractivity (Wildman–Crippen MR) is 88.5 cm³/mol. The van der Waals surface area contributed by atoms with Crippen molar-refractivity contribution < 1.29 is 0 Å². The fraction of sp³-hybridized carbons (Fsp3) is 0. The normalized spacial score (nSPS) is 11.4. The first-order valence-corrected chi connectivity index (χ1v) is 6.92. The van der Waals surface area contributed by atoms with Crippen LogP contribution in [0.5, 0.6) is 0 Å². The molecule has 0 saturated heterocycles. The Hall–Kier alpha value is -2.87. The van der Waals surface area contributed by atoms with Crippen molar-refractivity contribution in [3.05, 3.63) is 90.1 Å². The third kappa shape index (κ3) is 3.57. The first-order chi connectivity index (χ1) is 10.4. The third-order valence-electron chi connectivity index (χ3n) is 3.14. The van der Waals surface area contributed by atoms with Crippen LogP contribution >= 0.6 is 0 Å². The van der Waals surface area contributed by atoms with Gasteiger partial charge in [0, 0.05) is 5.56 Å². The van der Waals surface area contributed by atoms with E-state index in [0.29, 0.717) is 0 Å². The van der Waals surface area contributed by atoms with Gasteiger partial charge in [0.1, 0.15) is 0 Å². The van der Waals surface area contributed by atoms with Crippen LogP contribution in [0.15, 0.2) is 78.9 Å². The van der Waals surface area contributed by atoms with Gasteiger partial charge in [-0.05, 0) is 17.7 Å². The molecule has 0 unspecified atom stereocenters. The molecule has 0 saturated carbocycles. The summed E-state index contributed by atoms with van der Waals surface area (Å²) in [6.07, 6.45) is 8.12. The average Bonchev–Trinajstić information content (AvgIpc) is 3.02. The molecule has 0 aliphatic carbocycles. The molecular formula is C19H16N2. The molecular weight excluding hydrogens is 256 g/mol. The first kappa shape index (κ1) is 13.1. The summed E-state index contributed by atoms with van der Waals surface area (Å²) < 4.78 is 0. The molecule has 0 spiro atoms. The molecule has 2 heteroatoms. The zero-order valence-electron chi connectivity index (χ0n) is 11.6. The summed E-state index contributed by atoms with van der Waals surface area (Å²) in [4.78, 5) is 0. The summed E-state index contributed by atoms with van der Waals surface area (Å²) in [6, 6.07) is 22.4. The predicted octanol–water partition coefficient (Wildman–Crippen LogP) is 4.80. The van der Waals surface area contributed by atoms with Crippen LogP contribution in [0.2, 0.25) is 0 Å². The van der Waals surface area contributed by atoms with Crippen molar-refractivity contribution in [1.29, 1.82) is 0 Å². The minimum absolute atomic E-state index is 0.960. The van der Waals surface area contributed by atoms with E-state index >= 15 is 0 Å². The SMILES string of the molecule is C(C=Cc1cc(-c2ccccc2)n[nH]1)=Cc1ccccc1. The molecule has 1 heterocycles. The van der Waals surface area contributed by atoms with Gasteiger partial charge in [0.15, 0.2) is 0 Å². The van der Waals surface area contributed by atoms with E-state index in [4.69, 9.17) is 0 Å². The molecule has 21 heavy (non-hydrogen) atoms. The van der Waals surface area contributed by atoms with Crippen molar-refractivity contribution >= 4 is 12.2 Å². The van der Waals surface area contributed by atoms with Gasteiger partial charge in [0.05, 0.1) is 11.4 Å². The number of benzene rings is 2. The highest BCUT2D eigenvalue weighted by molar-refractivity contribution is 5.63. The first-order valence-electron chi connectivity index (χ1n) is 6.92. The van der Waals surface area contributed by atoms with E-state index in [1.807, 2.05) is 60.7 Å². The summed E-state index contributed by atoms with van der Waals surface area (Å²) in [5.41, 5.74) is 4.26. The fourth-order valence-electron chi connectivity index (χ4n) is 2.07. The summed E-state index contributed by atoms with van der Waals surface area (Å²) in [5.74, 6) is 0. The molecule has 102 valence electrons. The lowest BCUT2D eigenvalue weighted by Gasteiger charge is -1.92. The molecule has 0 atom stereocenters. The van der Waals surface area contributed by atoms with Gasteiger partial charge >= 0.3 is 0 Å². The quantitative estimate of drug-likeness (QED) is 0.679. The van der Waals surface area contributed by atoms with E-state index in [2.05, 4.69) is 40.5 Å². The van der Waals surface area contributed by atoms with E-state index in [-0.39, 0.29) is 0 Å². The lowest BCUT2D eigenvalue weighted by atomic mass is 10.1. The highest BCUT2D eigenvalue weighted by Crippen LogP contribution is 2.17. The molecule has 3 rings (SSSR count). The summed E-state index contributed by atoms with van der Waals surface area (Å²) in [6.45, 7) is 0. The van der Waals surface area contributed by atoms with Gasteiger partial charge in [-0.2, -0.15) is 5.10 Å². The standard InChI is InChI=1S/C19H16N2/c1-3-9-16(10-4-1)11-7-8-14-18-15-19(21-20-18)17-12-5-2-6-13-17/h1-15H,(H,20,21). The maximum atomic E-state index is 4.32. The molecule has 1 N–H and O–H groups in total. The maximum Gasteiger partial charge on any atom is 0.0926 e. The van der Waals surface area contributed by atoms with Gasteiger partial charge in [-0.15, -0.1) is 0 Å². The van der Waals surface area contributed by atoms with Crippen LogP contribution in [0.4, 0.5) is 0 Å². The van der Waals surface area contributed by atoms with Crippen LogP contribution in [0.1, 0.15) is 11.3 Å². The molecule has 2 nitrogen and oxygen atoms in total. The molecule has 0 fully saturated rings. The Balaban J connectivity index is 1.67. The van der Waals surface area contributed by atoms with Crippen molar-refractivity contribution in [3.8, 4) is 11.3 Å². The summed E-state index contributed by atoms with van der Waals surface area (Å²) in [5, 5.41) is 7.36. The zero-order chi connectivity index (χ0) is 14.3. The van der Waals surface area contributed by atoms with Crippen LogP contribution in [0.25, 0.3) is 23.4 Å². The van der Waals surface area contributed by atoms with Crippen molar-refractivity contribution in [1.82, 2.24) is 10.2 Å². The number of nitrogens with one attached hydrogen (secondary N) is 1. The second-order valence-electron chi connectivity index (χ2n) is 4.70. The van der Waals surface area contributed by atoms with Crippen molar-refractivity contribution in [2.24, 2.45) is 0 Å². The zero-order valence-corrected chi connectivity index (χ0v) is 11.6. The molecule has 0 bridgehead atoms. The number of H-pyrrole nitrogens is 1. The van der Waals surface area contributed by atoms with E-state index in [1.165, 1.54) is 5.56 Å². The van der Waals surface area contributed by atoms with Crippen LogP contribution in [0.3, 0.4) is 0 Å². The molecule has 0 aliphatic rings. The Bertz CT molecular complexity index is 738. The second kappa shape index (κ2) is 6.53. The van der Waals surface area contributed by atoms with Crippen molar-refractivity contribution in [2.75, 3.05) is 0 Å². The molecule has 0 aliphatic heterocycles. The largest absolute Gasteiger partial charge is 0.278 e. The second-order valence-corrected chi connectivity index (χ2v) is 4.70. The minimum atomic E-state index is 0.960. The lowest BCUT2D eigenvalue weighted by molar-refractivity contribution is 1.08. The van der Waals surface area contributed by atoms with Gasteiger partial charge in [-0.3, -0.25) is 5.10 Å². The van der Waals surface area contributed by atoms with Gasteiger partial charge in [-0.1, -0.05) is 78.9 Å². The lowest BCUT2D eigenvalue weighted by Crippen LogP contribution is -1.75. The maximum absolute atomic E-state index is 4.32. The third-order valence-corrected chi connectivity index (χ3v) is 3.14. The van der Waals surface area contributed by atoms with Gasteiger partial charge < -0.3 is 0 Å². The molecule has 1 aromatic heterocycles. The number of aromatic nitrogens is 2. The van der Waals surface area contributed by atoms with Crippen molar-refractivity contribution in [2.45, 2.75) is 0 Å². The highest BCUT2D eigenvalue weighted by atomic mass is 15.1. The Labute approximate surface area is 124 Å². The number of allylic oxidation sites excluding steroid dienone is 2. The summed E-state index contributed by atoms with van der Waals surface area (Å²) >= 11 is 0. The smallest absolute Gasteiger partial charge is 0.0926 e. The average molecular weight is 272 g/mol. The van der Waals surface area contributed by atoms with Gasteiger partial charge in [-0.25, -0.2) is 0 Å². The van der Waals surface area contributed by atoms with Crippen LogP contribution < -0.4 is 0 Å². The van der Waals surface area contributed by atoms with Crippen LogP contribution in [0, 0.1) is 0 Å². The van der Waals surface area contributed by atoms with E-state index in [0.717, 1.165) is 17.0 Å². The summed E-state index contributed by atoms with van der Waals surface area (Å²) in [7, 11) is 0. The molecule has 2 aromatic carbocycles. The number of aromatic amines is 1. The fourth-order valence-corrected chi connectivity index (χ4v) is 2.07. The topological polar surface area (TPSA) is 28.7 Å². The van der Waals surface area contributed by atoms with E-state index < -0.39 is 0 Å². The van der Waals surface area contributed by atoms with Gasteiger partial charge in [0.25, 0.3) is 0 Å². The monoisotopic (exact) mass is 272 g/mol. The Kier molecular flexibility index (Phi) is 4.08. The highest BCUT2D eigenvalue weighted by Gasteiger charge is 2.00. The van der Waals surface area contributed by atoms with E-state index in [1.54, 1.807) is 0 Å². The van der Waals surface area contributed by atoms with Crippen LogP contribution in [-0.2, 0) is 0 Å². The number of rotatable bonds is 4. The Morgan fingerprint density at radius 3 is 2.19 bits per heavy atom. The Morgan fingerprint density at radius 2 is 1.43 bits per heavy atom. The number of nitrogens with zero attached hydrogens (tertiary/aromatic N) is 1. The number of hydrogen-bond donors (Lipinski definition) is 1. The molecule has 0 amide bonds. The van der Waals surface area contributed by atoms with Crippen LogP contribution in [-0.4, -0.2) is 10.2 Å². The Morgan fingerprint density at radius 1 is 0.762 bits per heavy atom. The molecule has 0 radical (unpaired) electrons. The van der Waals surface area contributed by atoms with Crippen molar-refractivity contribution in [3.63, 3.8) is 0 Å². The molecule has 3 aromatic rings. The number of hydrogen-bond acceptors (Lipinski definition) is 1.